The monoisotopic (exact) mass is 352 g/mol. The summed E-state index contributed by atoms with van der Waals surface area (Å²) >= 11 is 0. The molecule has 8 nitrogen and oxygen atoms in total. The summed E-state index contributed by atoms with van der Waals surface area (Å²) in [7, 11) is 2.90. The van der Waals surface area contributed by atoms with Gasteiger partial charge in [-0.1, -0.05) is 0 Å². The summed E-state index contributed by atoms with van der Waals surface area (Å²) < 4.78 is 10.6. The van der Waals surface area contributed by atoms with Crippen LogP contribution < -0.4 is 14.4 Å². The normalized spacial score (nSPS) is 13.5. The third-order valence-electron chi connectivity index (χ3n) is 4.44. The number of rotatable bonds is 3. The summed E-state index contributed by atoms with van der Waals surface area (Å²) in [6.07, 6.45) is 0. The molecule has 0 bridgehead atoms. The molecule has 3 aromatic rings. The summed E-state index contributed by atoms with van der Waals surface area (Å²) in [5.74, 6) is -0.114. The van der Waals surface area contributed by atoms with Crippen LogP contribution in [-0.4, -0.2) is 41.2 Å². The van der Waals surface area contributed by atoms with E-state index >= 15 is 0 Å². The van der Waals surface area contributed by atoms with Crippen LogP contribution in [0.5, 0.6) is 11.5 Å². The fourth-order valence-corrected chi connectivity index (χ4v) is 3.36. The van der Waals surface area contributed by atoms with Gasteiger partial charge < -0.3 is 9.47 Å². The van der Waals surface area contributed by atoms with E-state index in [0.717, 1.165) is 16.2 Å². The molecule has 2 aromatic heterocycles. The Balaban J connectivity index is 1.93. The maximum absolute atomic E-state index is 13.1. The van der Waals surface area contributed by atoms with E-state index in [1.54, 1.807) is 12.1 Å². The standard InChI is InChI=1S/C18H16N4O4/c1-8-7-9(2)19-15-12(8)16(21-20-15)22-17(23)10-5-6-11(25-3)14(26-4)13(10)18(22)24/h5-7H,1-4H3,(H,19,20,21). The average Bonchev–Trinajstić information content (AvgIpc) is 3.13. The zero-order chi connectivity index (χ0) is 18.6. The molecule has 26 heavy (non-hydrogen) atoms. The van der Waals surface area contributed by atoms with Crippen LogP contribution in [-0.2, 0) is 0 Å². The number of H-pyrrole nitrogens is 1. The maximum atomic E-state index is 13.1. The van der Waals surface area contributed by atoms with Crippen molar-refractivity contribution in [3.63, 3.8) is 0 Å². The van der Waals surface area contributed by atoms with E-state index in [1.807, 2.05) is 19.9 Å². The van der Waals surface area contributed by atoms with Gasteiger partial charge in [0.25, 0.3) is 11.8 Å². The number of nitrogens with one attached hydrogen (secondary N) is 1. The van der Waals surface area contributed by atoms with E-state index < -0.39 is 11.8 Å². The number of carbonyl (C=O) groups excluding carboxylic acids is 2. The molecule has 132 valence electrons. The highest BCUT2D eigenvalue weighted by atomic mass is 16.5. The molecular weight excluding hydrogens is 336 g/mol. The topological polar surface area (TPSA) is 97.4 Å². The summed E-state index contributed by atoms with van der Waals surface area (Å²) in [6.45, 7) is 3.75. The molecule has 0 saturated carbocycles. The molecule has 8 heteroatoms. The molecule has 0 fully saturated rings. The van der Waals surface area contributed by atoms with Crippen molar-refractivity contribution >= 4 is 28.7 Å². The first kappa shape index (κ1) is 16.1. The second-order valence-corrected chi connectivity index (χ2v) is 6.02. The van der Waals surface area contributed by atoms with Crippen molar-refractivity contribution in [1.82, 2.24) is 15.2 Å². The third-order valence-corrected chi connectivity index (χ3v) is 4.44. The number of amides is 2. The number of fused-ring (bicyclic) bond motifs is 2. The Morgan fingerprint density at radius 2 is 1.85 bits per heavy atom. The number of anilines is 1. The highest BCUT2D eigenvalue weighted by Crippen LogP contribution is 2.40. The first-order valence-corrected chi connectivity index (χ1v) is 7.94. The number of hydrogen-bond acceptors (Lipinski definition) is 6. The van der Waals surface area contributed by atoms with Crippen LogP contribution in [0.3, 0.4) is 0 Å². The zero-order valence-electron chi connectivity index (χ0n) is 14.7. The lowest BCUT2D eigenvalue weighted by atomic mass is 10.1. The molecular formula is C18H16N4O4. The van der Waals surface area contributed by atoms with Crippen molar-refractivity contribution in [1.29, 1.82) is 0 Å². The minimum Gasteiger partial charge on any atom is -0.493 e. The molecule has 1 N–H and O–H groups in total. The van der Waals surface area contributed by atoms with Gasteiger partial charge in [-0.2, -0.15) is 5.10 Å². The minimum absolute atomic E-state index is 0.172. The Labute approximate surface area is 148 Å². The molecule has 4 rings (SSSR count). The van der Waals surface area contributed by atoms with E-state index in [2.05, 4.69) is 15.2 Å². The van der Waals surface area contributed by atoms with E-state index in [-0.39, 0.29) is 22.7 Å². The summed E-state index contributed by atoms with van der Waals surface area (Å²) in [5.41, 5.74) is 2.64. The van der Waals surface area contributed by atoms with Crippen molar-refractivity contribution < 1.29 is 19.1 Å². The van der Waals surface area contributed by atoms with E-state index in [0.29, 0.717) is 16.8 Å². The SMILES string of the molecule is COc1ccc2c(c1OC)C(=O)N(c1n[nH]c3nc(C)cc(C)c13)C2=O. The third kappa shape index (κ3) is 2.01. The maximum Gasteiger partial charge on any atom is 0.271 e. The number of pyridine rings is 1. The van der Waals surface area contributed by atoms with Crippen molar-refractivity contribution in [2.75, 3.05) is 19.1 Å². The number of imide groups is 1. The molecule has 0 radical (unpaired) electrons. The van der Waals surface area contributed by atoms with Crippen molar-refractivity contribution in [3.8, 4) is 11.5 Å². The molecule has 2 amide bonds. The molecule has 3 heterocycles. The predicted molar refractivity (Wildman–Crippen MR) is 94.0 cm³/mol. The van der Waals surface area contributed by atoms with Crippen LogP contribution in [0.2, 0.25) is 0 Å². The Morgan fingerprint density at radius 1 is 1.08 bits per heavy atom. The van der Waals surface area contributed by atoms with Gasteiger partial charge in [-0.3, -0.25) is 14.7 Å². The number of benzene rings is 1. The smallest absolute Gasteiger partial charge is 0.271 e. The molecule has 0 spiro atoms. The number of carbonyl (C=O) groups is 2. The lowest BCUT2D eigenvalue weighted by Gasteiger charge is -2.12. The van der Waals surface area contributed by atoms with Crippen LogP contribution in [0.15, 0.2) is 18.2 Å². The Bertz CT molecular complexity index is 1090. The van der Waals surface area contributed by atoms with Crippen molar-refractivity contribution in [2.24, 2.45) is 0 Å². The van der Waals surface area contributed by atoms with Gasteiger partial charge in [0.05, 0.1) is 30.7 Å². The van der Waals surface area contributed by atoms with Gasteiger partial charge in [-0.15, -0.1) is 0 Å². The lowest BCUT2D eigenvalue weighted by Crippen LogP contribution is -2.30. The number of aryl methyl sites for hydroxylation is 2. The van der Waals surface area contributed by atoms with Gasteiger partial charge >= 0.3 is 0 Å². The molecule has 1 aromatic carbocycles. The number of hydrogen-bond donors (Lipinski definition) is 1. The first-order chi connectivity index (χ1) is 12.5. The average molecular weight is 352 g/mol. The Morgan fingerprint density at radius 3 is 2.54 bits per heavy atom. The van der Waals surface area contributed by atoms with Gasteiger partial charge in [-0.25, -0.2) is 9.88 Å². The van der Waals surface area contributed by atoms with Gasteiger partial charge in [-0.05, 0) is 37.6 Å². The predicted octanol–water partition coefficient (Wildman–Crippen LogP) is 2.39. The number of nitrogens with zero attached hydrogens (tertiary/aromatic N) is 3. The molecule has 1 aliphatic rings. The van der Waals surface area contributed by atoms with E-state index in [4.69, 9.17) is 9.47 Å². The van der Waals surface area contributed by atoms with Crippen LogP contribution in [0.4, 0.5) is 5.82 Å². The molecule has 0 aliphatic carbocycles. The van der Waals surface area contributed by atoms with Crippen molar-refractivity contribution in [3.05, 3.63) is 40.6 Å². The van der Waals surface area contributed by atoms with Crippen LogP contribution in [0.1, 0.15) is 32.0 Å². The fraction of sp³-hybridized carbons (Fsp3) is 0.222. The number of aromatic nitrogens is 3. The molecule has 1 aliphatic heterocycles. The number of aromatic amines is 1. The van der Waals surface area contributed by atoms with Gasteiger partial charge in [0.2, 0.25) is 0 Å². The van der Waals surface area contributed by atoms with Crippen LogP contribution in [0, 0.1) is 13.8 Å². The highest BCUT2D eigenvalue weighted by molar-refractivity contribution is 6.36. The van der Waals surface area contributed by atoms with Crippen LogP contribution in [0.25, 0.3) is 11.0 Å². The second kappa shape index (κ2) is 5.55. The van der Waals surface area contributed by atoms with Crippen LogP contribution >= 0.6 is 0 Å². The molecule has 0 saturated heterocycles. The first-order valence-electron chi connectivity index (χ1n) is 7.94. The summed E-state index contributed by atoms with van der Waals surface area (Å²) in [6, 6.07) is 5.04. The fourth-order valence-electron chi connectivity index (χ4n) is 3.36. The quantitative estimate of drug-likeness (QED) is 0.727. The second-order valence-electron chi connectivity index (χ2n) is 6.02. The van der Waals surface area contributed by atoms with E-state index in [9.17, 15) is 9.59 Å². The van der Waals surface area contributed by atoms with Gasteiger partial charge in [0.15, 0.2) is 23.0 Å². The Kier molecular flexibility index (Phi) is 3.43. The largest absolute Gasteiger partial charge is 0.493 e. The Hall–Kier alpha value is -3.42. The lowest BCUT2D eigenvalue weighted by molar-refractivity contribution is 0.0924. The summed E-state index contributed by atoms with van der Waals surface area (Å²) in [4.78, 5) is 31.4. The molecule has 0 atom stereocenters. The number of methoxy groups -OCH3 is 2. The van der Waals surface area contributed by atoms with E-state index in [1.165, 1.54) is 14.2 Å². The number of ether oxygens (including phenoxy) is 2. The summed E-state index contributed by atoms with van der Waals surface area (Å²) in [5, 5.41) is 7.62. The zero-order valence-corrected chi connectivity index (χ0v) is 14.7. The van der Waals surface area contributed by atoms with Gasteiger partial charge in [0.1, 0.15) is 0 Å². The highest BCUT2D eigenvalue weighted by Gasteiger charge is 2.42. The minimum atomic E-state index is -0.505. The molecule has 0 unspecified atom stereocenters. The van der Waals surface area contributed by atoms with Gasteiger partial charge in [0, 0.05) is 5.69 Å². The van der Waals surface area contributed by atoms with Crippen molar-refractivity contribution in [2.45, 2.75) is 13.8 Å².